The van der Waals surface area contributed by atoms with Gasteiger partial charge in [-0.05, 0) is 43.5 Å². The number of nitrogens with zero attached hydrogens (tertiary/aromatic N) is 4. The van der Waals surface area contributed by atoms with Gasteiger partial charge in [0.2, 0.25) is 5.88 Å². The SMILES string of the molecule is C=N/C(=C\C=C(/C)C(O)c1cc(-c2ncnc3cc(N4CCOCC4)ccc23)c(F)cc1O)OC. The number of benzene rings is 2. The number of aromatic hydroxyl groups is 1. The summed E-state index contributed by atoms with van der Waals surface area (Å²) in [6, 6.07) is 8.16. The van der Waals surface area contributed by atoms with Crippen LogP contribution in [-0.2, 0) is 9.47 Å². The molecule has 35 heavy (non-hydrogen) atoms. The average molecular weight is 479 g/mol. The summed E-state index contributed by atoms with van der Waals surface area (Å²) < 4.78 is 25.5. The number of aliphatic hydroxyl groups excluding tert-OH is 1. The van der Waals surface area contributed by atoms with Crippen molar-refractivity contribution < 1.29 is 24.1 Å². The lowest BCUT2D eigenvalue weighted by Crippen LogP contribution is -2.36. The van der Waals surface area contributed by atoms with Crippen LogP contribution < -0.4 is 4.90 Å². The Kier molecular flexibility index (Phi) is 7.38. The molecule has 1 unspecified atom stereocenters. The number of aromatic nitrogens is 2. The van der Waals surface area contributed by atoms with Crippen molar-refractivity contribution in [3.05, 3.63) is 71.6 Å². The Balaban J connectivity index is 1.74. The molecular formula is C26H27FN4O4. The Morgan fingerprint density at radius 2 is 2.00 bits per heavy atom. The molecule has 9 heteroatoms. The molecule has 3 aromatic rings. The molecule has 2 aromatic carbocycles. The van der Waals surface area contributed by atoms with E-state index in [1.165, 1.54) is 25.6 Å². The minimum atomic E-state index is -1.20. The number of hydrogen-bond acceptors (Lipinski definition) is 8. The van der Waals surface area contributed by atoms with Crippen molar-refractivity contribution >= 4 is 23.3 Å². The maximum Gasteiger partial charge on any atom is 0.212 e. The van der Waals surface area contributed by atoms with Crippen LogP contribution in [0.4, 0.5) is 10.1 Å². The first kappa shape index (κ1) is 24.3. The monoisotopic (exact) mass is 478 g/mol. The first-order chi connectivity index (χ1) is 16.9. The van der Waals surface area contributed by atoms with Crippen LogP contribution in [0, 0.1) is 5.82 Å². The minimum absolute atomic E-state index is 0.144. The van der Waals surface area contributed by atoms with Crippen LogP contribution in [0.2, 0.25) is 0 Å². The number of ether oxygens (including phenoxy) is 2. The molecule has 2 N–H and O–H groups in total. The normalized spacial score (nSPS) is 15.8. The lowest BCUT2D eigenvalue weighted by molar-refractivity contribution is 0.122. The lowest BCUT2D eigenvalue weighted by Gasteiger charge is -2.29. The fourth-order valence-corrected chi connectivity index (χ4v) is 3.98. The van der Waals surface area contributed by atoms with Gasteiger partial charge in [-0.15, -0.1) is 0 Å². The van der Waals surface area contributed by atoms with Gasteiger partial charge in [-0.25, -0.2) is 19.4 Å². The number of fused-ring (bicyclic) bond motifs is 1. The Morgan fingerprint density at radius 3 is 2.71 bits per heavy atom. The summed E-state index contributed by atoms with van der Waals surface area (Å²) in [5.74, 6) is -0.753. The number of halogens is 1. The van der Waals surface area contributed by atoms with Crippen molar-refractivity contribution in [2.24, 2.45) is 4.99 Å². The van der Waals surface area contributed by atoms with E-state index in [9.17, 15) is 10.2 Å². The van der Waals surface area contributed by atoms with E-state index in [0.717, 1.165) is 24.8 Å². The fraction of sp³-hybridized carbons (Fsp3) is 0.269. The van der Waals surface area contributed by atoms with E-state index in [-0.39, 0.29) is 22.8 Å². The molecule has 8 nitrogen and oxygen atoms in total. The molecule has 1 aliphatic heterocycles. The Labute approximate surface area is 202 Å². The zero-order chi connectivity index (χ0) is 24.9. The van der Waals surface area contributed by atoms with E-state index in [2.05, 4.69) is 26.6 Å². The van der Waals surface area contributed by atoms with Gasteiger partial charge in [-0.3, -0.25) is 0 Å². The number of morpholine rings is 1. The van der Waals surface area contributed by atoms with E-state index in [0.29, 0.717) is 35.4 Å². The summed E-state index contributed by atoms with van der Waals surface area (Å²) in [4.78, 5) is 14.6. The number of phenols is 1. The van der Waals surface area contributed by atoms with Crippen LogP contribution in [0.25, 0.3) is 22.2 Å². The predicted octanol–water partition coefficient (Wildman–Crippen LogP) is 4.15. The minimum Gasteiger partial charge on any atom is -0.507 e. The van der Waals surface area contributed by atoms with Gasteiger partial charge in [0.05, 0.1) is 31.5 Å². The van der Waals surface area contributed by atoms with Gasteiger partial charge in [0, 0.05) is 47.4 Å². The van der Waals surface area contributed by atoms with Crippen molar-refractivity contribution in [2.45, 2.75) is 13.0 Å². The Hall–Kier alpha value is -3.82. The fourth-order valence-electron chi connectivity index (χ4n) is 3.98. The standard InChI is InChI=1S/C26H27FN4O4/c1-16(4-7-24(28-2)34-3)26(33)20-13-19(21(27)14-23(20)32)25-18-6-5-17(12-22(18)29-15-30-25)31-8-10-35-11-9-31/h4-7,12-15,26,32-33H,2,8-11H2,1,3H3/b16-4+,24-7+. The van der Waals surface area contributed by atoms with E-state index in [4.69, 9.17) is 9.47 Å². The highest BCUT2D eigenvalue weighted by Crippen LogP contribution is 2.37. The summed E-state index contributed by atoms with van der Waals surface area (Å²) in [5, 5.41) is 21.9. The van der Waals surface area contributed by atoms with E-state index < -0.39 is 11.9 Å². The van der Waals surface area contributed by atoms with E-state index >= 15 is 4.39 Å². The third kappa shape index (κ3) is 5.16. The number of methoxy groups -OCH3 is 1. The topological polar surface area (TPSA) is 100 Å². The van der Waals surface area contributed by atoms with Gasteiger partial charge in [-0.2, -0.15) is 0 Å². The number of hydrogen-bond donors (Lipinski definition) is 2. The molecule has 1 aromatic heterocycles. The van der Waals surface area contributed by atoms with Crippen LogP contribution >= 0.6 is 0 Å². The van der Waals surface area contributed by atoms with Gasteiger partial charge in [-0.1, -0.05) is 6.08 Å². The van der Waals surface area contributed by atoms with Crippen molar-refractivity contribution in [3.63, 3.8) is 0 Å². The molecule has 4 rings (SSSR count). The lowest BCUT2D eigenvalue weighted by atomic mass is 9.96. The molecule has 0 radical (unpaired) electrons. The summed E-state index contributed by atoms with van der Waals surface area (Å²) in [6.45, 7) is 7.98. The van der Waals surface area contributed by atoms with Crippen LogP contribution in [0.15, 0.2) is 65.3 Å². The average Bonchev–Trinajstić information content (AvgIpc) is 2.89. The van der Waals surface area contributed by atoms with Gasteiger partial charge in [0.15, 0.2) is 0 Å². The summed E-state index contributed by atoms with van der Waals surface area (Å²) in [6.07, 6.45) is 3.31. The molecule has 182 valence electrons. The number of anilines is 1. The number of phenolic OH excluding ortho intramolecular Hbond substituents is 1. The first-order valence-electron chi connectivity index (χ1n) is 11.1. The highest BCUT2D eigenvalue weighted by molar-refractivity contribution is 5.94. The molecule has 0 bridgehead atoms. The molecule has 1 atom stereocenters. The largest absolute Gasteiger partial charge is 0.507 e. The highest BCUT2D eigenvalue weighted by Gasteiger charge is 2.21. The predicted molar refractivity (Wildman–Crippen MR) is 133 cm³/mol. The molecule has 0 aliphatic carbocycles. The first-order valence-corrected chi connectivity index (χ1v) is 11.1. The maximum atomic E-state index is 15.0. The van der Waals surface area contributed by atoms with Gasteiger partial charge >= 0.3 is 0 Å². The van der Waals surface area contributed by atoms with Gasteiger partial charge in [0.25, 0.3) is 0 Å². The quantitative estimate of drug-likeness (QED) is 0.299. The second-order valence-electron chi connectivity index (χ2n) is 8.09. The summed E-state index contributed by atoms with van der Waals surface area (Å²) in [7, 11) is 1.45. The van der Waals surface area contributed by atoms with Crippen LogP contribution in [0.1, 0.15) is 18.6 Å². The second kappa shape index (κ2) is 10.6. The number of rotatable bonds is 7. The molecule has 0 amide bonds. The molecule has 2 heterocycles. The molecule has 0 saturated carbocycles. The molecule has 1 saturated heterocycles. The van der Waals surface area contributed by atoms with Gasteiger partial charge in [0.1, 0.15) is 24.0 Å². The zero-order valence-electron chi connectivity index (χ0n) is 19.6. The Bertz CT molecular complexity index is 1300. The number of aliphatic imine (C=N–C) groups is 1. The van der Waals surface area contributed by atoms with Crippen molar-refractivity contribution in [3.8, 4) is 17.0 Å². The third-order valence-corrected chi connectivity index (χ3v) is 5.95. The zero-order valence-corrected chi connectivity index (χ0v) is 19.6. The number of aliphatic hydroxyl groups is 1. The number of allylic oxidation sites excluding steroid dienone is 2. The van der Waals surface area contributed by atoms with Crippen LogP contribution in [0.5, 0.6) is 5.75 Å². The van der Waals surface area contributed by atoms with Crippen molar-refractivity contribution in [2.75, 3.05) is 38.3 Å². The van der Waals surface area contributed by atoms with Gasteiger partial charge < -0.3 is 24.6 Å². The van der Waals surface area contributed by atoms with Crippen LogP contribution in [-0.4, -0.2) is 60.3 Å². The Morgan fingerprint density at radius 1 is 1.23 bits per heavy atom. The molecule has 1 aliphatic rings. The molecule has 1 fully saturated rings. The molecular weight excluding hydrogens is 451 g/mol. The summed E-state index contributed by atoms with van der Waals surface area (Å²) in [5.41, 5.74) is 2.82. The van der Waals surface area contributed by atoms with Crippen LogP contribution in [0.3, 0.4) is 0 Å². The van der Waals surface area contributed by atoms with Crippen molar-refractivity contribution in [1.82, 2.24) is 9.97 Å². The summed E-state index contributed by atoms with van der Waals surface area (Å²) >= 11 is 0. The third-order valence-electron chi connectivity index (χ3n) is 5.95. The maximum absolute atomic E-state index is 15.0. The molecule has 0 spiro atoms. The van der Waals surface area contributed by atoms with E-state index in [1.807, 2.05) is 18.2 Å². The van der Waals surface area contributed by atoms with Crippen molar-refractivity contribution in [1.29, 1.82) is 0 Å². The highest BCUT2D eigenvalue weighted by atomic mass is 19.1. The van der Waals surface area contributed by atoms with E-state index in [1.54, 1.807) is 13.0 Å². The smallest absolute Gasteiger partial charge is 0.212 e. The second-order valence-corrected chi connectivity index (χ2v) is 8.09.